The molecule has 88 valence electrons. The Kier molecular flexibility index (Phi) is 6.30. The lowest BCUT2D eigenvalue weighted by atomic mass is 10.2. The number of piperazine rings is 1. The van der Waals surface area contributed by atoms with E-state index in [0.717, 1.165) is 12.5 Å². The van der Waals surface area contributed by atoms with Crippen molar-refractivity contribution in [2.75, 3.05) is 45.1 Å². The summed E-state index contributed by atoms with van der Waals surface area (Å²) in [5, 5.41) is 0. The zero-order valence-corrected chi connectivity index (χ0v) is 10.7. The maximum absolute atomic E-state index is 5.59. The van der Waals surface area contributed by atoms with E-state index in [9.17, 15) is 0 Å². The number of alkyl halides is 1. The van der Waals surface area contributed by atoms with Crippen LogP contribution >= 0.6 is 11.6 Å². The van der Waals surface area contributed by atoms with Crippen LogP contribution in [0.25, 0.3) is 0 Å². The monoisotopic (exact) mass is 230 g/mol. The van der Waals surface area contributed by atoms with Gasteiger partial charge in [0.25, 0.3) is 0 Å². The molecule has 1 aliphatic rings. The van der Waals surface area contributed by atoms with Crippen LogP contribution in [0.1, 0.15) is 13.8 Å². The van der Waals surface area contributed by atoms with Gasteiger partial charge >= 0.3 is 0 Å². The summed E-state index contributed by atoms with van der Waals surface area (Å²) in [7, 11) is 0. The number of rotatable bonds is 5. The average molecular weight is 231 g/mol. The fourth-order valence-electron chi connectivity index (χ4n) is 1.96. The van der Waals surface area contributed by atoms with Gasteiger partial charge in [0.1, 0.15) is 0 Å². The summed E-state index contributed by atoms with van der Waals surface area (Å²) >= 11 is 5.59. The van der Waals surface area contributed by atoms with Crippen LogP contribution in [0.5, 0.6) is 0 Å². The summed E-state index contributed by atoms with van der Waals surface area (Å²) in [5.74, 6) is 1.42. The molecule has 0 bridgehead atoms. The van der Waals surface area contributed by atoms with Gasteiger partial charge in [-0.3, -0.25) is 4.90 Å². The van der Waals surface area contributed by atoms with Crippen LogP contribution in [0, 0.1) is 5.92 Å². The van der Waals surface area contributed by atoms with E-state index in [1.54, 1.807) is 0 Å². The van der Waals surface area contributed by atoms with Crippen LogP contribution < -0.4 is 0 Å². The molecule has 1 aliphatic heterocycles. The van der Waals surface area contributed by atoms with Gasteiger partial charge in [0.05, 0.1) is 0 Å². The molecule has 1 heterocycles. The van der Waals surface area contributed by atoms with Gasteiger partial charge in [-0.15, -0.1) is 11.6 Å². The van der Waals surface area contributed by atoms with Gasteiger partial charge in [0.2, 0.25) is 0 Å². The lowest BCUT2D eigenvalue weighted by molar-refractivity contribution is 0.131. The number of nitrogens with zero attached hydrogens (tertiary/aromatic N) is 2. The third-order valence-corrected chi connectivity index (χ3v) is 2.89. The van der Waals surface area contributed by atoms with E-state index >= 15 is 0 Å². The van der Waals surface area contributed by atoms with Crippen LogP contribution in [0.3, 0.4) is 0 Å². The van der Waals surface area contributed by atoms with Crippen molar-refractivity contribution in [1.82, 2.24) is 9.80 Å². The quantitative estimate of drug-likeness (QED) is 0.527. The average Bonchev–Trinajstić information content (AvgIpc) is 2.20. The Morgan fingerprint density at radius 3 is 2.20 bits per heavy atom. The molecule has 0 N–H and O–H groups in total. The minimum atomic E-state index is 0.632. The topological polar surface area (TPSA) is 6.48 Å². The summed E-state index contributed by atoms with van der Waals surface area (Å²) in [6.07, 6.45) is 4.20. The van der Waals surface area contributed by atoms with Crippen molar-refractivity contribution in [1.29, 1.82) is 0 Å². The molecule has 1 saturated heterocycles. The van der Waals surface area contributed by atoms with Gasteiger partial charge in [0.15, 0.2) is 0 Å². The number of allylic oxidation sites excluding steroid dienone is 1. The summed E-state index contributed by atoms with van der Waals surface area (Å²) < 4.78 is 0. The number of hydrogen-bond donors (Lipinski definition) is 0. The van der Waals surface area contributed by atoms with Gasteiger partial charge in [-0.2, -0.15) is 0 Å². The van der Waals surface area contributed by atoms with Crippen molar-refractivity contribution in [3.05, 3.63) is 12.2 Å². The summed E-state index contributed by atoms with van der Waals surface area (Å²) in [5.41, 5.74) is 0. The molecule has 1 fully saturated rings. The normalized spacial score (nSPS) is 20.5. The van der Waals surface area contributed by atoms with Crippen molar-refractivity contribution in [2.24, 2.45) is 5.92 Å². The third-order valence-electron chi connectivity index (χ3n) is 2.71. The van der Waals surface area contributed by atoms with Gasteiger partial charge < -0.3 is 4.90 Å². The van der Waals surface area contributed by atoms with Crippen LogP contribution in [-0.4, -0.2) is 54.9 Å². The highest BCUT2D eigenvalue weighted by atomic mass is 35.5. The van der Waals surface area contributed by atoms with E-state index < -0.39 is 0 Å². The lowest BCUT2D eigenvalue weighted by Gasteiger charge is -2.34. The minimum absolute atomic E-state index is 0.632. The highest BCUT2D eigenvalue weighted by Gasteiger charge is 2.15. The Hall–Kier alpha value is -0.0500. The van der Waals surface area contributed by atoms with Crippen molar-refractivity contribution < 1.29 is 0 Å². The first kappa shape index (κ1) is 13.0. The molecule has 0 radical (unpaired) electrons. The molecular formula is C12H23ClN2. The fraction of sp³-hybridized carbons (Fsp3) is 0.833. The Morgan fingerprint density at radius 2 is 1.67 bits per heavy atom. The molecule has 0 amide bonds. The molecule has 0 atom stereocenters. The maximum atomic E-state index is 5.59. The van der Waals surface area contributed by atoms with Gasteiger partial charge in [-0.05, 0) is 5.92 Å². The maximum Gasteiger partial charge on any atom is 0.0404 e. The van der Waals surface area contributed by atoms with Crippen LogP contribution in [0.15, 0.2) is 12.2 Å². The molecule has 0 aromatic rings. The molecule has 0 unspecified atom stereocenters. The summed E-state index contributed by atoms with van der Waals surface area (Å²) in [4.78, 5) is 5.05. The van der Waals surface area contributed by atoms with E-state index in [0.29, 0.717) is 5.88 Å². The predicted molar refractivity (Wildman–Crippen MR) is 67.6 cm³/mol. The molecule has 0 aliphatic carbocycles. The van der Waals surface area contributed by atoms with Gasteiger partial charge in [-0.25, -0.2) is 0 Å². The molecule has 0 aromatic carbocycles. The van der Waals surface area contributed by atoms with E-state index in [-0.39, 0.29) is 0 Å². The second-order valence-electron chi connectivity index (χ2n) is 4.62. The molecule has 3 heteroatoms. The van der Waals surface area contributed by atoms with E-state index in [4.69, 9.17) is 11.6 Å². The van der Waals surface area contributed by atoms with Crippen molar-refractivity contribution >= 4 is 11.6 Å². The zero-order valence-electron chi connectivity index (χ0n) is 9.95. The smallest absolute Gasteiger partial charge is 0.0404 e. The van der Waals surface area contributed by atoms with Crippen molar-refractivity contribution in [3.63, 3.8) is 0 Å². The summed E-state index contributed by atoms with van der Waals surface area (Å²) in [6.45, 7) is 11.7. The highest BCUT2D eigenvalue weighted by molar-refractivity contribution is 6.18. The fourth-order valence-corrected chi connectivity index (χ4v) is 2.08. The SMILES string of the molecule is CC(C)CN1CCN(CC=CCCl)CC1. The first-order chi connectivity index (χ1) is 7.22. The second kappa shape index (κ2) is 7.26. The predicted octanol–water partition coefficient (Wildman–Crippen LogP) is 2.06. The molecule has 0 spiro atoms. The van der Waals surface area contributed by atoms with E-state index in [1.807, 2.05) is 6.08 Å². The molecular weight excluding hydrogens is 208 g/mol. The Balaban J connectivity index is 2.15. The van der Waals surface area contributed by atoms with Crippen LogP contribution in [0.2, 0.25) is 0 Å². The van der Waals surface area contributed by atoms with E-state index in [2.05, 4.69) is 29.7 Å². The molecule has 1 rings (SSSR count). The van der Waals surface area contributed by atoms with Crippen LogP contribution in [-0.2, 0) is 0 Å². The largest absolute Gasteiger partial charge is 0.301 e. The molecule has 0 aromatic heterocycles. The first-order valence-corrected chi connectivity index (χ1v) is 6.41. The van der Waals surface area contributed by atoms with E-state index in [1.165, 1.54) is 32.7 Å². The van der Waals surface area contributed by atoms with Crippen LogP contribution in [0.4, 0.5) is 0 Å². The van der Waals surface area contributed by atoms with Crippen molar-refractivity contribution in [2.45, 2.75) is 13.8 Å². The Labute approximate surface area is 98.9 Å². The minimum Gasteiger partial charge on any atom is -0.301 e. The zero-order chi connectivity index (χ0) is 11.1. The second-order valence-corrected chi connectivity index (χ2v) is 4.93. The third kappa shape index (κ3) is 5.55. The molecule has 0 saturated carbocycles. The Bertz CT molecular complexity index is 184. The Morgan fingerprint density at radius 1 is 1.07 bits per heavy atom. The standard InChI is InChI=1S/C12H23ClN2/c1-12(2)11-15-9-7-14(8-10-15)6-4-3-5-13/h3-4,12H,5-11H2,1-2H3. The van der Waals surface area contributed by atoms with Gasteiger partial charge in [0, 0.05) is 45.1 Å². The molecule has 15 heavy (non-hydrogen) atoms. The first-order valence-electron chi connectivity index (χ1n) is 5.88. The number of halogens is 1. The van der Waals surface area contributed by atoms with Gasteiger partial charge in [-0.1, -0.05) is 26.0 Å². The molecule has 2 nitrogen and oxygen atoms in total. The lowest BCUT2D eigenvalue weighted by Crippen LogP contribution is -2.47. The highest BCUT2D eigenvalue weighted by Crippen LogP contribution is 2.04. The summed E-state index contributed by atoms with van der Waals surface area (Å²) in [6, 6.07) is 0. The van der Waals surface area contributed by atoms with Crippen molar-refractivity contribution in [3.8, 4) is 0 Å². The number of hydrogen-bond acceptors (Lipinski definition) is 2.